The lowest BCUT2D eigenvalue weighted by Gasteiger charge is -2.06. The first kappa shape index (κ1) is 18.3. The van der Waals surface area contributed by atoms with E-state index in [1.165, 1.54) is 28.3 Å². The fourth-order valence-electron chi connectivity index (χ4n) is 2.77. The number of hydrogen-bond acceptors (Lipinski definition) is 6. The average Bonchev–Trinajstić information content (AvgIpc) is 3.19. The lowest BCUT2D eigenvalue weighted by atomic mass is 10.1. The molecule has 1 aromatic carbocycles. The second-order valence-corrected chi connectivity index (χ2v) is 7.40. The molecular weight excluding hydrogens is 393 g/mol. The highest BCUT2D eigenvalue weighted by molar-refractivity contribution is 7.18. The summed E-state index contributed by atoms with van der Waals surface area (Å²) in [7, 11) is 0. The fraction of sp³-hybridized carbons (Fsp3) is 0.235. The summed E-state index contributed by atoms with van der Waals surface area (Å²) in [5, 5.41) is 12.3. The van der Waals surface area contributed by atoms with Gasteiger partial charge in [0.1, 0.15) is 17.2 Å². The summed E-state index contributed by atoms with van der Waals surface area (Å²) in [6.45, 7) is 3.82. The maximum atomic E-state index is 12.9. The molecule has 4 aromatic rings. The van der Waals surface area contributed by atoms with Gasteiger partial charge >= 0.3 is 6.18 Å². The van der Waals surface area contributed by atoms with Gasteiger partial charge in [0.05, 0.1) is 10.9 Å². The van der Waals surface area contributed by atoms with Gasteiger partial charge in [-0.15, -0.1) is 21.5 Å². The number of H-pyrrole nitrogens is 1. The van der Waals surface area contributed by atoms with Gasteiger partial charge in [-0.05, 0) is 36.8 Å². The number of nitrogens with one attached hydrogen (secondary N) is 1. The Morgan fingerprint density at radius 2 is 2.04 bits per heavy atom. The summed E-state index contributed by atoms with van der Waals surface area (Å²) in [6.07, 6.45) is -4.46. The largest absolute Gasteiger partial charge is 0.416 e. The van der Waals surface area contributed by atoms with Crippen molar-refractivity contribution in [1.29, 1.82) is 0 Å². The third-order valence-electron chi connectivity index (χ3n) is 4.28. The number of aromatic amines is 1. The van der Waals surface area contributed by atoms with E-state index >= 15 is 0 Å². The van der Waals surface area contributed by atoms with Crippen molar-refractivity contribution in [3.8, 4) is 11.4 Å². The van der Waals surface area contributed by atoms with Crippen LogP contribution in [0.3, 0.4) is 0 Å². The molecular formula is C17H13F3N6OS. The van der Waals surface area contributed by atoms with Crippen molar-refractivity contribution in [3.63, 3.8) is 0 Å². The van der Waals surface area contributed by atoms with Crippen molar-refractivity contribution in [2.24, 2.45) is 0 Å². The Kier molecular flexibility index (Phi) is 4.26. The van der Waals surface area contributed by atoms with E-state index in [9.17, 15) is 18.0 Å². The number of rotatable bonds is 3. The van der Waals surface area contributed by atoms with Crippen molar-refractivity contribution < 1.29 is 13.2 Å². The number of fused-ring (bicyclic) bond motifs is 1. The Bertz CT molecular complexity index is 1240. The average molecular weight is 406 g/mol. The summed E-state index contributed by atoms with van der Waals surface area (Å²) in [6, 6.07) is 4.70. The van der Waals surface area contributed by atoms with Gasteiger partial charge in [-0.1, -0.05) is 12.1 Å². The second-order valence-electron chi connectivity index (χ2n) is 6.20. The number of alkyl halides is 3. The zero-order chi connectivity index (χ0) is 20.1. The van der Waals surface area contributed by atoms with E-state index < -0.39 is 11.7 Å². The van der Waals surface area contributed by atoms with Crippen LogP contribution >= 0.6 is 11.3 Å². The van der Waals surface area contributed by atoms with Gasteiger partial charge in [-0.25, -0.2) is 4.98 Å². The van der Waals surface area contributed by atoms with E-state index in [-0.39, 0.29) is 23.5 Å². The van der Waals surface area contributed by atoms with Gasteiger partial charge in [-0.2, -0.15) is 18.0 Å². The van der Waals surface area contributed by atoms with Crippen molar-refractivity contribution in [1.82, 2.24) is 30.2 Å². The smallest absolute Gasteiger partial charge is 0.308 e. The molecule has 0 unspecified atom stereocenters. The molecule has 0 radical (unpaired) electrons. The summed E-state index contributed by atoms with van der Waals surface area (Å²) >= 11 is 1.42. The van der Waals surface area contributed by atoms with Crippen LogP contribution in [0.1, 0.15) is 21.8 Å². The fourth-order valence-corrected chi connectivity index (χ4v) is 3.82. The van der Waals surface area contributed by atoms with Crippen LogP contribution < -0.4 is 5.56 Å². The minimum atomic E-state index is -4.46. The quantitative estimate of drug-likeness (QED) is 0.564. The Hall–Kier alpha value is -3.08. The first-order chi connectivity index (χ1) is 13.2. The van der Waals surface area contributed by atoms with E-state index in [1.54, 1.807) is 0 Å². The predicted molar refractivity (Wildman–Crippen MR) is 97.1 cm³/mol. The van der Waals surface area contributed by atoms with Crippen molar-refractivity contribution >= 4 is 21.6 Å². The Morgan fingerprint density at radius 1 is 1.25 bits per heavy atom. The molecule has 7 nitrogen and oxygen atoms in total. The zero-order valence-corrected chi connectivity index (χ0v) is 15.5. The van der Waals surface area contributed by atoms with Crippen LogP contribution in [-0.2, 0) is 12.7 Å². The third kappa shape index (κ3) is 3.28. The minimum Gasteiger partial charge on any atom is -0.308 e. The molecule has 11 heteroatoms. The van der Waals surface area contributed by atoms with Crippen molar-refractivity contribution in [3.05, 3.63) is 56.4 Å². The lowest BCUT2D eigenvalue weighted by molar-refractivity contribution is -0.137. The molecule has 1 N–H and O–H groups in total. The number of halogens is 3. The molecule has 4 rings (SSSR count). The first-order valence-corrected chi connectivity index (χ1v) is 8.98. The standard InChI is InChI=1S/C17H13F3N6OS/c1-8-9(2)28-16-13(8)15(27)21-12(22-16)7-26-24-14(23-25-26)10-4-3-5-11(6-10)17(18,19)20/h3-6H,7H2,1-2H3,(H,21,22,27). The number of benzene rings is 1. The SMILES string of the molecule is Cc1sc2nc(Cn3nnc(-c4cccc(C(F)(F)F)c4)n3)[nH]c(=O)c2c1C. The van der Waals surface area contributed by atoms with Gasteiger partial charge in [-0.3, -0.25) is 4.79 Å². The monoisotopic (exact) mass is 406 g/mol. The molecule has 28 heavy (non-hydrogen) atoms. The summed E-state index contributed by atoms with van der Waals surface area (Å²) in [5.41, 5.74) is 0.0507. The number of thiophene rings is 1. The second kappa shape index (κ2) is 6.51. The predicted octanol–water partition coefficient (Wildman–Crippen LogP) is 3.32. The third-order valence-corrected chi connectivity index (χ3v) is 5.38. The maximum Gasteiger partial charge on any atom is 0.416 e. The molecule has 0 amide bonds. The van der Waals surface area contributed by atoms with E-state index in [1.807, 2.05) is 13.8 Å². The molecule has 0 aliphatic heterocycles. The Morgan fingerprint density at radius 3 is 2.79 bits per heavy atom. The van der Waals surface area contributed by atoms with Crippen LogP contribution in [0.25, 0.3) is 21.6 Å². The van der Waals surface area contributed by atoms with E-state index in [4.69, 9.17) is 0 Å². The molecule has 3 heterocycles. The minimum absolute atomic E-state index is 0.0349. The maximum absolute atomic E-state index is 12.9. The van der Waals surface area contributed by atoms with Gasteiger partial charge in [0.25, 0.3) is 5.56 Å². The van der Waals surface area contributed by atoms with Crippen LogP contribution in [-0.4, -0.2) is 30.2 Å². The van der Waals surface area contributed by atoms with Crippen molar-refractivity contribution in [2.75, 3.05) is 0 Å². The highest BCUT2D eigenvalue weighted by atomic mass is 32.1. The molecule has 0 fully saturated rings. The van der Waals surface area contributed by atoms with Gasteiger partial charge in [0, 0.05) is 10.4 Å². The number of tetrazole rings is 1. The van der Waals surface area contributed by atoms with E-state index in [0.717, 1.165) is 22.6 Å². The topological polar surface area (TPSA) is 89.3 Å². The van der Waals surface area contributed by atoms with Crippen molar-refractivity contribution in [2.45, 2.75) is 26.6 Å². The zero-order valence-electron chi connectivity index (χ0n) is 14.7. The van der Waals surface area contributed by atoms with E-state index in [0.29, 0.717) is 16.0 Å². The number of hydrogen-bond donors (Lipinski definition) is 1. The van der Waals surface area contributed by atoms with Crippen LogP contribution in [0, 0.1) is 13.8 Å². The molecule has 0 saturated carbocycles. The Labute approximate surface area is 159 Å². The van der Waals surface area contributed by atoms with Gasteiger partial charge in [0.15, 0.2) is 0 Å². The first-order valence-electron chi connectivity index (χ1n) is 8.16. The molecule has 0 atom stereocenters. The van der Waals surface area contributed by atoms with Gasteiger partial charge < -0.3 is 4.98 Å². The molecule has 144 valence electrons. The number of aryl methyl sites for hydroxylation is 2. The molecule has 0 aliphatic rings. The molecule has 0 aliphatic carbocycles. The summed E-state index contributed by atoms with van der Waals surface area (Å²) < 4.78 is 38.6. The normalized spacial score (nSPS) is 12.0. The summed E-state index contributed by atoms with van der Waals surface area (Å²) in [5.74, 6) is 0.393. The highest BCUT2D eigenvalue weighted by Gasteiger charge is 2.30. The molecule has 3 aromatic heterocycles. The van der Waals surface area contributed by atoms with Crippen LogP contribution in [0.15, 0.2) is 29.1 Å². The van der Waals surface area contributed by atoms with E-state index in [2.05, 4.69) is 25.4 Å². The van der Waals surface area contributed by atoms with Crippen LogP contribution in [0.4, 0.5) is 13.2 Å². The highest BCUT2D eigenvalue weighted by Crippen LogP contribution is 2.31. The Balaban J connectivity index is 1.64. The molecule has 0 spiro atoms. The van der Waals surface area contributed by atoms with Crippen LogP contribution in [0.5, 0.6) is 0 Å². The lowest BCUT2D eigenvalue weighted by Crippen LogP contribution is -2.15. The molecule has 0 saturated heterocycles. The van der Waals surface area contributed by atoms with Gasteiger partial charge in [0.2, 0.25) is 5.82 Å². The number of nitrogens with zero attached hydrogens (tertiary/aromatic N) is 5. The molecule has 0 bridgehead atoms. The number of aromatic nitrogens is 6. The van der Waals surface area contributed by atoms with Crippen LogP contribution in [0.2, 0.25) is 0 Å². The summed E-state index contributed by atoms with van der Waals surface area (Å²) in [4.78, 5) is 22.2.